The van der Waals surface area contributed by atoms with Crippen molar-refractivity contribution in [2.75, 3.05) is 11.5 Å². The molecule has 3 rings (SSSR count). The minimum absolute atomic E-state index is 0.213. The summed E-state index contributed by atoms with van der Waals surface area (Å²) in [5, 5.41) is 0.773. The molecule has 20 heavy (non-hydrogen) atoms. The van der Waals surface area contributed by atoms with Crippen molar-refractivity contribution in [3.8, 4) is 5.75 Å². The van der Waals surface area contributed by atoms with E-state index in [-0.39, 0.29) is 6.10 Å². The van der Waals surface area contributed by atoms with Crippen LogP contribution >= 0.6 is 23.4 Å². The molecule has 0 fully saturated rings. The average molecular weight is 306 g/mol. The van der Waals surface area contributed by atoms with Crippen LogP contribution in [-0.4, -0.2) is 11.9 Å². The van der Waals surface area contributed by atoms with Gasteiger partial charge in [0, 0.05) is 27.8 Å². The first-order chi connectivity index (χ1) is 9.61. The summed E-state index contributed by atoms with van der Waals surface area (Å²) in [5.41, 5.74) is 9.00. The van der Waals surface area contributed by atoms with Gasteiger partial charge in [0.2, 0.25) is 0 Å². The molecule has 1 unspecified atom stereocenters. The SMILES string of the molecule is Cc1cc(N)ccc1SCC1Cc2cc(Cl)ccc2O1. The van der Waals surface area contributed by atoms with Gasteiger partial charge in [-0.05, 0) is 54.4 Å². The molecule has 4 heteroatoms. The molecule has 2 nitrogen and oxygen atoms in total. The third-order valence-electron chi connectivity index (χ3n) is 3.39. The molecular weight excluding hydrogens is 290 g/mol. The lowest BCUT2D eigenvalue weighted by molar-refractivity contribution is 0.259. The lowest BCUT2D eigenvalue weighted by atomic mass is 10.1. The van der Waals surface area contributed by atoms with E-state index >= 15 is 0 Å². The van der Waals surface area contributed by atoms with Crippen LogP contribution in [0, 0.1) is 6.92 Å². The fraction of sp³-hybridized carbons (Fsp3) is 0.250. The van der Waals surface area contributed by atoms with Crippen molar-refractivity contribution in [1.29, 1.82) is 0 Å². The van der Waals surface area contributed by atoms with Crippen molar-refractivity contribution in [2.24, 2.45) is 0 Å². The number of thioether (sulfide) groups is 1. The first-order valence-electron chi connectivity index (χ1n) is 6.56. The van der Waals surface area contributed by atoms with Crippen molar-refractivity contribution >= 4 is 29.1 Å². The predicted octanol–water partition coefficient (Wildman–Crippen LogP) is 4.33. The zero-order valence-corrected chi connectivity index (χ0v) is 12.8. The summed E-state index contributed by atoms with van der Waals surface area (Å²) in [7, 11) is 0. The number of aryl methyl sites for hydroxylation is 1. The van der Waals surface area contributed by atoms with E-state index in [4.69, 9.17) is 22.1 Å². The second-order valence-corrected chi connectivity index (χ2v) is 6.53. The Balaban J connectivity index is 1.63. The molecule has 2 aromatic carbocycles. The van der Waals surface area contributed by atoms with Crippen LogP contribution in [0.3, 0.4) is 0 Å². The summed E-state index contributed by atoms with van der Waals surface area (Å²) < 4.78 is 5.94. The number of hydrogen-bond acceptors (Lipinski definition) is 3. The van der Waals surface area contributed by atoms with Gasteiger partial charge in [-0.25, -0.2) is 0 Å². The maximum atomic E-state index is 6.01. The van der Waals surface area contributed by atoms with Gasteiger partial charge in [0.15, 0.2) is 0 Å². The molecule has 1 aliphatic rings. The van der Waals surface area contributed by atoms with Gasteiger partial charge >= 0.3 is 0 Å². The Labute approximate surface area is 128 Å². The van der Waals surface area contributed by atoms with E-state index in [0.717, 1.165) is 28.6 Å². The van der Waals surface area contributed by atoms with Crippen molar-refractivity contribution < 1.29 is 4.74 Å². The second kappa shape index (κ2) is 5.58. The van der Waals surface area contributed by atoms with E-state index in [1.165, 1.54) is 16.0 Å². The third-order valence-corrected chi connectivity index (χ3v) is 4.93. The van der Waals surface area contributed by atoms with Crippen LogP contribution in [0.1, 0.15) is 11.1 Å². The van der Waals surface area contributed by atoms with Crippen LogP contribution in [0.25, 0.3) is 0 Å². The van der Waals surface area contributed by atoms with Crippen LogP contribution in [0.2, 0.25) is 5.02 Å². The molecule has 0 saturated carbocycles. The summed E-state index contributed by atoms with van der Waals surface area (Å²) in [6.45, 7) is 2.09. The molecular formula is C16H16ClNOS. The quantitative estimate of drug-likeness (QED) is 0.677. The third kappa shape index (κ3) is 2.89. The molecule has 1 heterocycles. The fourth-order valence-corrected chi connectivity index (χ4v) is 3.60. The van der Waals surface area contributed by atoms with Crippen LogP contribution in [-0.2, 0) is 6.42 Å². The average Bonchev–Trinajstić information content (AvgIpc) is 2.79. The molecule has 2 N–H and O–H groups in total. The number of nitrogen functional groups attached to an aromatic ring is 1. The molecule has 0 amide bonds. The number of anilines is 1. The number of benzene rings is 2. The molecule has 0 aliphatic carbocycles. The van der Waals surface area contributed by atoms with Crippen molar-refractivity contribution in [3.05, 3.63) is 52.5 Å². The summed E-state index contributed by atoms with van der Waals surface area (Å²) >= 11 is 7.82. The summed E-state index contributed by atoms with van der Waals surface area (Å²) in [4.78, 5) is 1.26. The number of hydrogen-bond donors (Lipinski definition) is 1. The molecule has 104 valence electrons. The molecule has 0 saturated heterocycles. The highest BCUT2D eigenvalue weighted by atomic mass is 35.5. The molecule has 0 radical (unpaired) electrons. The molecule has 2 aromatic rings. The Kier molecular flexibility index (Phi) is 3.81. The Hall–Kier alpha value is -1.32. The zero-order valence-electron chi connectivity index (χ0n) is 11.2. The first kappa shape index (κ1) is 13.7. The van der Waals surface area contributed by atoms with Gasteiger partial charge < -0.3 is 10.5 Å². The van der Waals surface area contributed by atoms with Crippen molar-refractivity contribution in [2.45, 2.75) is 24.3 Å². The fourth-order valence-electron chi connectivity index (χ4n) is 2.40. The first-order valence-corrected chi connectivity index (χ1v) is 7.92. The summed E-state index contributed by atoms with van der Waals surface area (Å²) in [6.07, 6.45) is 1.14. The van der Waals surface area contributed by atoms with Gasteiger partial charge in [0.1, 0.15) is 11.9 Å². The number of rotatable bonds is 3. The van der Waals surface area contributed by atoms with Gasteiger partial charge in [0.05, 0.1) is 0 Å². The van der Waals surface area contributed by atoms with E-state index in [9.17, 15) is 0 Å². The van der Waals surface area contributed by atoms with Gasteiger partial charge in [0.25, 0.3) is 0 Å². The minimum Gasteiger partial charge on any atom is -0.489 e. The Morgan fingerprint density at radius 1 is 1.30 bits per heavy atom. The second-order valence-electron chi connectivity index (χ2n) is 5.03. The van der Waals surface area contributed by atoms with E-state index < -0.39 is 0 Å². The van der Waals surface area contributed by atoms with E-state index in [1.807, 2.05) is 42.1 Å². The summed E-state index contributed by atoms with van der Waals surface area (Å²) in [6, 6.07) is 11.9. The minimum atomic E-state index is 0.213. The largest absolute Gasteiger partial charge is 0.489 e. The maximum Gasteiger partial charge on any atom is 0.123 e. The highest BCUT2D eigenvalue weighted by Crippen LogP contribution is 2.34. The van der Waals surface area contributed by atoms with E-state index in [2.05, 4.69) is 13.0 Å². The zero-order chi connectivity index (χ0) is 14.1. The van der Waals surface area contributed by atoms with Crippen LogP contribution in [0.15, 0.2) is 41.3 Å². The maximum absolute atomic E-state index is 6.01. The molecule has 0 aromatic heterocycles. The highest BCUT2D eigenvalue weighted by molar-refractivity contribution is 7.99. The highest BCUT2D eigenvalue weighted by Gasteiger charge is 2.23. The number of ether oxygens (including phenoxy) is 1. The molecule has 0 bridgehead atoms. The lowest BCUT2D eigenvalue weighted by Gasteiger charge is -2.11. The normalized spacial score (nSPS) is 16.8. The summed E-state index contributed by atoms with van der Waals surface area (Å²) in [5.74, 6) is 1.89. The number of fused-ring (bicyclic) bond motifs is 1. The standard InChI is InChI=1S/C16H16ClNOS/c1-10-6-13(18)3-5-16(10)20-9-14-8-11-7-12(17)2-4-15(11)19-14/h2-7,14H,8-9,18H2,1H3. The van der Waals surface area contributed by atoms with Gasteiger partial charge in [-0.1, -0.05) is 11.6 Å². The van der Waals surface area contributed by atoms with Gasteiger partial charge in [-0.2, -0.15) is 0 Å². The number of nitrogens with two attached hydrogens (primary N) is 1. The Morgan fingerprint density at radius 3 is 2.95 bits per heavy atom. The van der Waals surface area contributed by atoms with Crippen LogP contribution < -0.4 is 10.5 Å². The van der Waals surface area contributed by atoms with E-state index in [0.29, 0.717) is 0 Å². The molecule has 1 atom stereocenters. The Morgan fingerprint density at radius 2 is 2.15 bits per heavy atom. The molecule has 1 aliphatic heterocycles. The lowest BCUT2D eigenvalue weighted by Crippen LogP contribution is -2.15. The number of halogens is 1. The van der Waals surface area contributed by atoms with Gasteiger partial charge in [-0.15, -0.1) is 11.8 Å². The monoisotopic (exact) mass is 305 g/mol. The van der Waals surface area contributed by atoms with E-state index in [1.54, 1.807) is 0 Å². The van der Waals surface area contributed by atoms with Crippen LogP contribution in [0.5, 0.6) is 5.75 Å². The van der Waals surface area contributed by atoms with Gasteiger partial charge in [-0.3, -0.25) is 0 Å². The topological polar surface area (TPSA) is 35.2 Å². The van der Waals surface area contributed by atoms with Crippen molar-refractivity contribution in [3.63, 3.8) is 0 Å². The smallest absolute Gasteiger partial charge is 0.123 e. The van der Waals surface area contributed by atoms with Crippen LogP contribution in [0.4, 0.5) is 5.69 Å². The molecule has 0 spiro atoms. The Bertz CT molecular complexity index is 644. The van der Waals surface area contributed by atoms with Crippen molar-refractivity contribution in [1.82, 2.24) is 0 Å². The predicted molar refractivity (Wildman–Crippen MR) is 85.9 cm³/mol.